The van der Waals surface area contributed by atoms with Gasteiger partial charge in [-0.3, -0.25) is 0 Å². The Kier molecular flexibility index (Phi) is 7.28. The zero-order valence-electron chi connectivity index (χ0n) is 16.3. The van der Waals surface area contributed by atoms with Gasteiger partial charge in [-0.2, -0.15) is 13.2 Å². The molecule has 0 bridgehead atoms. The normalized spacial score (nSPS) is 19.8. The number of aliphatic carboxylic acids is 1. The molecule has 1 atom stereocenters. The number of rotatable bonds is 4. The van der Waals surface area contributed by atoms with E-state index in [-0.39, 0.29) is 11.6 Å². The molecule has 1 unspecified atom stereocenters. The number of aromatic nitrogens is 1. The zero-order chi connectivity index (χ0) is 21.7. The largest absolute Gasteiger partial charge is 0.490 e. The molecule has 0 radical (unpaired) electrons. The van der Waals surface area contributed by atoms with Crippen LogP contribution in [0, 0.1) is 5.92 Å². The first-order valence-electron chi connectivity index (χ1n) is 9.10. The minimum absolute atomic E-state index is 0.0754. The van der Waals surface area contributed by atoms with Crippen molar-refractivity contribution in [2.45, 2.75) is 24.6 Å². The Hall–Kier alpha value is -2.56. The third kappa shape index (κ3) is 5.96. The molecule has 2 amide bonds. The lowest BCUT2D eigenvalue weighted by atomic mass is 9.79. The number of hydrogen-bond acceptors (Lipinski definition) is 5. The Balaban J connectivity index is 0.000000370. The minimum atomic E-state index is -5.08. The number of hydrogen-bond donors (Lipinski definition) is 2. The van der Waals surface area contributed by atoms with Crippen molar-refractivity contribution in [1.82, 2.24) is 14.8 Å². The highest BCUT2D eigenvalue weighted by Crippen LogP contribution is 2.41. The maximum atomic E-state index is 11.9. The number of pyridine rings is 1. The summed E-state index contributed by atoms with van der Waals surface area (Å²) in [5.41, 5.74) is -0.114. The molecule has 0 aliphatic carbocycles. The van der Waals surface area contributed by atoms with Crippen LogP contribution in [0.5, 0.6) is 0 Å². The molecular weight excluding hydrogens is 393 g/mol. The van der Waals surface area contributed by atoms with E-state index in [2.05, 4.69) is 10.3 Å². The topological polar surface area (TPSA) is 95.0 Å². The summed E-state index contributed by atoms with van der Waals surface area (Å²) in [6.07, 6.45) is -1.17. The Bertz CT molecular complexity index is 694. The van der Waals surface area contributed by atoms with Gasteiger partial charge < -0.3 is 25.0 Å². The monoisotopic (exact) mass is 418 g/mol. The number of ether oxygens (including phenoxy) is 1. The van der Waals surface area contributed by atoms with Crippen LogP contribution >= 0.6 is 0 Å². The van der Waals surface area contributed by atoms with E-state index >= 15 is 0 Å². The molecule has 2 fully saturated rings. The summed E-state index contributed by atoms with van der Waals surface area (Å²) in [7, 11) is 3.58. The molecule has 0 saturated carbocycles. The summed E-state index contributed by atoms with van der Waals surface area (Å²) in [5.74, 6) is -1.34. The van der Waals surface area contributed by atoms with Crippen LogP contribution in [-0.2, 0) is 9.53 Å². The van der Waals surface area contributed by atoms with Crippen LogP contribution in [0.25, 0.3) is 0 Å². The molecule has 1 aromatic heterocycles. The molecule has 2 aliphatic rings. The average molecular weight is 418 g/mol. The third-order valence-electron chi connectivity index (χ3n) is 4.88. The van der Waals surface area contributed by atoms with Gasteiger partial charge in [0.05, 0.1) is 13.1 Å². The number of halogens is 3. The van der Waals surface area contributed by atoms with Gasteiger partial charge in [-0.15, -0.1) is 0 Å². The van der Waals surface area contributed by atoms with Gasteiger partial charge >= 0.3 is 18.2 Å². The fraction of sp³-hybridized carbons (Fsp3) is 0.611. The molecule has 2 aliphatic heterocycles. The number of carbonyl (C=O) groups excluding carboxylic acids is 1. The van der Waals surface area contributed by atoms with Crippen LogP contribution < -0.4 is 5.32 Å². The first-order chi connectivity index (χ1) is 13.5. The third-order valence-corrected chi connectivity index (χ3v) is 4.88. The first-order valence-corrected chi connectivity index (χ1v) is 9.10. The molecule has 1 aromatic rings. The maximum Gasteiger partial charge on any atom is 0.490 e. The lowest BCUT2D eigenvalue weighted by molar-refractivity contribution is -0.192. The average Bonchev–Trinajstić information content (AvgIpc) is 3.04. The van der Waals surface area contributed by atoms with Gasteiger partial charge in [-0.25, -0.2) is 14.6 Å². The molecule has 2 N–H and O–H groups in total. The summed E-state index contributed by atoms with van der Waals surface area (Å²) in [4.78, 5) is 28.6. The van der Waals surface area contributed by atoms with E-state index in [9.17, 15) is 18.0 Å². The molecule has 3 heterocycles. The number of urea groups is 1. The van der Waals surface area contributed by atoms with Gasteiger partial charge in [0.15, 0.2) is 0 Å². The van der Waals surface area contributed by atoms with Gasteiger partial charge in [-0.1, -0.05) is 6.07 Å². The molecule has 8 nitrogen and oxygen atoms in total. The smallest absolute Gasteiger partial charge is 0.475 e. The van der Waals surface area contributed by atoms with Crippen LogP contribution in [0.2, 0.25) is 0 Å². The molecule has 2 saturated heterocycles. The van der Waals surface area contributed by atoms with E-state index in [1.807, 2.05) is 23.1 Å². The Morgan fingerprint density at radius 2 is 2.03 bits per heavy atom. The highest BCUT2D eigenvalue weighted by Gasteiger charge is 2.54. The second-order valence-corrected chi connectivity index (χ2v) is 7.17. The van der Waals surface area contributed by atoms with Gasteiger partial charge in [0.25, 0.3) is 0 Å². The lowest BCUT2D eigenvalue weighted by Crippen LogP contribution is -2.67. The van der Waals surface area contributed by atoms with E-state index in [1.165, 1.54) is 0 Å². The molecule has 1 spiro atoms. The van der Waals surface area contributed by atoms with Crippen LogP contribution in [-0.4, -0.2) is 84.0 Å². The highest BCUT2D eigenvalue weighted by molar-refractivity contribution is 5.75. The lowest BCUT2D eigenvalue weighted by Gasteiger charge is -2.50. The van der Waals surface area contributed by atoms with Gasteiger partial charge in [0, 0.05) is 33.4 Å². The van der Waals surface area contributed by atoms with E-state index in [4.69, 9.17) is 14.6 Å². The van der Waals surface area contributed by atoms with Crippen molar-refractivity contribution in [2.75, 3.05) is 45.7 Å². The maximum absolute atomic E-state index is 11.9. The summed E-state index contributed by atoms with van der Waals surface area (Å²) < 4.78 is 37.7. The molecule has 29 heavy (non-hydrogen) atoms. The number of carboxylic acids is 1. The fourth-order valence-electron chi connectivity index (χ4n) is 3.40. The van der Waals surface area contributed by atoms with Crippen molar-refractivity contribution in [1.29, 1.82) is 0 Å². The summed E-state index contributed by atoms with van der Waals surface area (Å²) >= 11 is 0. The number of nitrogens with zero attached hydrogens (tertiary/aromatic N) is 3. The predicted octanol–water partition coefficient (Wildman–Crippen LogP) is 2.29. The van der Waals surface area contributed by atoms with E-state index in [1.54, 1.807) is 25.2 Å². The standard InChI is InChI=1S/C16H24N4O2.C2HF3O2/c1-19(2)15(21)20-11-16(12-20)13(7-10-22-16)6-9-18-14-5-3-4-8-17-14;3-2(4,5)1(6)7/h3-5,8,13H,6-7,9-12H2,1-2H3,(H,17,18);(H,6,7). The quantitative estimate of drug-likeness (QED) is 0.779. The fourth-order valence-corrected chi connectivity index (χ4v) is 3.40. The van der Waals surface area contributed by atoms with E-state index in [0.29, 0.717) is 5.92 Å². The predicted molar refractivity (Wildman–Crippen MR) is 98.5 cm³/mol. The van der Waals surface area contributed by atoms with Gasteiger partial charge in [0.1, 0.15) is 11.4 Å². The molecule has 0 aromatic carbocycles. The van der Waals surface area contributed by atoms with Crippen molar-refractivity contribution in [2.24, 2.45) is 5.92 Å². The van der Waals surface area contributed by atoms with Crippen molar-refractivity contribution in [3.63, 3.8) is 0 Å². The number of likely N-dealkylation sites (tertiary alicyclic amines) is 1. The van der Waals surface area contributed by atoms with E-state index in [0.717, 1.165) is 44.9 Å². The molecule has 11 heteroatoms. The van der Waals surface area contributed by atoms with Gasteiger partial charge in [-0.05, 0) is 30.9 Å². The van der Waals surface area contributed by atoms with Crippen molar-refractivity contribution >= 4 is 17.8 Å². The van der Waals surface area contributed by atoms with Crippen LogP contribution in [0.15, 0.2) is 24.4 Å². The summed E-state index contributed by atoms with van der Waals surface area (Å²) in [5, 5.41) is 10.5. The van der Waals surface area contributed by atoms with Gasteiger partial charge in [0.2, 0.25) is 0 Å². The number of carbonyl (C=O) groups is 2. The minimum Gasteiger partial charge on any atom is -0.475 e. The number of anilines is 1. The van der Waals surface area contributed by atoms with Crippen molar-refractivity contribution in [3.8, 4) is 0 Å². The SMILES string of the molecule is CN(C)C(=O)N1CC2(C1)OCCC2CCNc1ccccn1.O=C(O)C(F)(F)F. The van der Waals surface area contributed by atoms with Crippen LogP contribution in [0.1, 0.15) is 12.8 Å². The molecule has 162 valence electrons. The second kappa shape index (κ2) is 9.29. The molecule has 3 rings (SSSR count). The van der Waals surface area contributed by atoms with Crippen LogP contribution in [0.4, 0.5) is 23.8 Å². The number of nitrogens with one attached hydrogen (secondary N) is 1. The molecular formula is C18H25F3N4O4. The zero-order valence-corrected chi connectivity index (χ0v) is 16.3. The van der Waals surface area contributed by atoms with Crippen molar-refractivity contribution < 1.29 is 32.6 Å². The number of carboxylic acid groups (broad SMARTS) is 1. The summed E-state index contributed by atoms with van der Waals surface area (Å²) in [6.45, 7) is 3.13. The Morgan fingerprint density at radius 1 is 1.38 bits per heavy atom. The summed E-state index contributed by atoms with van der Waals surface area (Å²) in [6, 6.07) is 5.94. The van der Waals surface area contributed by atoms with E-state index < -0.39 is 12.1 Å². The highest BCUT2D eigenvalue weighted by atomic mass is 19.4. The number of amides is 2. The van der Waals surface area contributed by atoms with Crippen LogP contribution in [0.3, 0.4) is 0 Å². The Labute approximate surface area is 166 Å². The first kappa shape index (κ1) is 22.7. The Morgan fingerprint density at radius 3 is 2.55 bits per heavy atom. The van der Waals surface area contributed by atoms with Crippen molar-refractivity contribution in [3.05, 3.63) is 24.4 Å². The number of alkyl halides is 3. The second-order valence-electron chi connectivity index (χ2n) is 7.17.